The molecular formula is C13H17BrN2O2. The van der Waals surface area contributed by atoms with Crippen LogP contribution in [0.15, 0.2) is 16.6 Å². The van der Waals surface area contributed by atoms with E-state index < -0.39 is 12.0 Å². The van der Waals surface area contributed by atoms with Gasteiger partial charge in [0.2, 0.25) is 0 Å². The van der Waals surface area contributed by atoms with Gasteiger partial charge < -0.3 is 10.8 Å². The fraction of sp³-hybridized carbons (Fsp3) is 0.462. The first-order chi connectivity index (χ1) is 8.54. The van der Waals surface area contributed by atoms with E-state index in [2.05, 4.69) is 15.9 Å². The summed E-state index contributed by atoms with van der Waals surface area (Å²) in [6.07, 6.45) is 1.45. The second kappa shape index (κ2) is 5.28. The molecule has 0 fully saturated rings. The summed E-state index contributed by atoms with van der Waals surface area (Å²) in [4.78, 5) is 13.2. The molecule has 0 saturated carbocycles. The van der Waals surface area contributed by atoms with E-state index in [1.807, 2.05) is 24.0 Å². The van der Waals surface area contributed by atoms with Crippen molar-refractivity contribution >= 4 is 27.6 Å². The quantitative estimate of drug-likeness (QED) is 0.840. The third kappa shape index (κ3) is 2.37. The van der Waals surface area contributed by atoms with E-state index in [1.54, 1.807) is 0 Å². The smallest absolute Gasteiger partial charge is 0.320 e. The van der Waals surface area contributed by atoms with Crippen molar-refractivity contribution < 1.29 is 9.90 Å². The zero-order chi connectivity index (χ0) is 13.3. The van der Waals surface area contributed by atoms with Gasteiger partial charge in [0.1, 0.15) is 6.04 Å². The Morgan fingerprint density at radius 2 is 2.28 bits per heavy atom. The highest BCUT2D eigenvalue weighted by molar-refractivity contribution is 9.10. The van der Waals surface area contributed by atoms with E-state index in [1.165, 1.54) is 5.56 Å². The maximum absolute atomic E-state index is 11.2. The van der Waals surface area contributed by atoms with Gasteiger partial charge in [0.25, 0.3) is 0 Å². The Morgan fingerprint density at radius 1 is 1.56 bits per heavy atom. The van der Waals surface area contributed by atoms with Crippen LogP contribution in [0.3, 0.4) is 0 Å². The number of rotatable bonds is 3. The lowest BCUT2D eigenvalue weighted by molar-refractivity contribution is -0.143. The van der Waals surface area contributed by atoms with Gasteiger partial charge in [-0.1, -0.05) is 22.9 Å². The molecule has 1 heterocycles. The number of aliphatic carboxylic acids is 1. The van der Waals surface area contributed by atoms with Crippen LogP contribution in [-0.2, 0) is 17.8 Å². The summed E-state index contributed by atoms with van der Waals surface area (Å²) in [6.45, 7) is 3.28. The Hall–Kier alpha value is -1.07. The number of halogens is 1. The lowest BCUT2D eigenvalue weighted by Gasteiger charge is -2.33. The molecule has 4 nitrogen and oxygen atoms in total. The largest absolute Gasteiger partial charge is 0.480 e. The van der Waals surface area contributed by atoms with E-state index in [0.717, 1.165) is 28.7 Å². The van der Waals surface area contributed by atoms with Crippen LogP contribution in [0, 0.1) is 0 Å². The van der Waals surface area contributed by atoms with Crippen LogP contribution in [0.5, 0.6) is 0 Å². The maximum atomic E-state index is 11.2. The Labute approximate surface area is 115 Å². The van der Waals surface area contributed by atoms with Gasteiger partial charge in [-0.2, -0.15) is 0 Å². The standard InChI is InChI=1S/C13H17BrN2O2/c1-2-12(13(17)18)16-6-5-8-9(7-16)11(15)4-3-10(8)14/h3-4,12H,2,5-7,15H2,1H3,(H,17,18). The van der Waals surface area contributed by atoms with Gasteiger partial charge in [0, 0.05) is 23.2 Å². The Balaban J connectivity index is 2.29. The van der Waals surface area contributed by atoms with Gasteiger partial charge in [-0.05, 0) is 36.1 Å². The van der Waals surface area contributed by atoms with E-state index in [-0.39, 0.29) is 0 Å². The third-order valence-corrected chi connectivity index (χ3v) is 4.28. The Morgan fingerprint density at radius 3 is 2.89 bits per heavy atom. The number of benzene rings is 1. The normalized spacial score (nSPS) is 17.2. The van der Waals surface area contributed by atoms with Crippen molar-refractivity contribution in [1.29, 1.82) is 0 Å². The van der Waals surface area contributed by atoms with Crippen LogP contribution in [0.2, 0.25) is 0 Å². The van der Waals surface area contributed by atoms with Gasteiger partial charge in [-0.15, -0.1) is 0 Å². The molecule has 2 rings (SSSR count). The first-order valence-corrected chi connectivity index (χ1v) is 6.86. The van der Waals surface area contributed by atoms with Gasteiger partial charge >= 0.3 is 5.97 Å². The second-order valence-electron chi connectivity index (χ2n) is 4.58. The maximum Gasteiger partial charge on any atom is 0.320 e. The highest BCUT2D eigenvalue weighted by atomic mass is 79.9. The summed E-state index contributed by atoms with van der Waals surface area (Å²) in [5.74, 6) is -0.755. The van der Waals surface area contributed by atoms with E-state index in [4.69, 9.17) is 5.73 Å². The molecule has 98 valence electrons. The summed E-state index contributed by atoms with van der Waals surface area (Å²) in [5.41, 5.74) is 9.02. The van der Waals surface area contributed by atoms with E-state index >= 15 is 0 Å². The lowest BCUT2D eigenvalue weighted by atomic mass is 9.96. The number of nitrogens with zero attached hydrogens (tertiary/aromatic N) is 1. The van der Waals surface area contributed by atoms with Gasteiger partial charge in [-0.25, -0.2) is 0 Å². The van der Waals surface area contributed by atoms with Crippen molar-refractivity contribution in [2.45, 2.75) is 32.4 Å². The van der Waals surface area contributed by atoms with Gasteiger partial charge in [0.15, 0.2) is 0 Å². The average molecular weight is 313 g/mol. The summed E-state index contributed by atoms with van der Waals surface area (Å²) in [5, 5.41) is 9.22. The molecular weight excluding hydrogens is 296 g/mol. The van der Waals surface area contributed by atoms with Gasteiger partial charge in [0.05, 0.1) is 0 Å². The summed E-state index contributed by atoms with van der Waals surface area (Å²) < 4.78 is 1.06. The average Bonchev–Trinajstić information content (AvgIpc) is 2.34. The molecule has 0 bridgehead atoms. The molecule has 1 aliphatic heterocycles. The summed E-state index contributed by atoms with van der Waals surface area (Å²) in [7, 11) is 0. The minimum absolute atomic E-state index is 0.420. The molecule has 0 radical (unpaired) electrons. The molecule has 5 heteroatoms. The molecule has 0 saturated heterocycles. The van der Waals surface area contributed by atoms with Crippen molar-refractivity contribution in [2.75, 3.05) is 12.3 Å². The fourth-order valence-corrected chi connectivity index (χ4v) is 3.10. The number of carboxylic acid groups (broad SMARTS) is 1. The molecule has 1 aromatic rings. The number of fused-ring (bicyclic) bond motifs is 1. The molecule has 0 aromatic heterocycles. The van der Waals surface area contributed by atoms with Crippen LogP contribution in [0.1, 0.15) is 24.5 Å². The molecule has 1 aliphatic rings. The van der Waals surface area contributed by atoms with Gasteiger partial charge in [-0.3, -0.25) is 9.69 Å². The van der Waals surface area contributed by atoms with Crippen molar-refractivity contribution in [1.82, 2.24) is 4.90 Å². The molecule has 1 aromatic carbocycles. The number of nitrogens with two attached hydrogens (primary N) is 1. The minimum atomic E-state index is -0.755. The molecule has 3 N–H and O–H groups in total. The Kier molecular flexibility index (Phi) is 3.92. The van der Waals surface area contributed by atoms with E-state index in [9.17, 15) is 9.90 Å². The summed E-state index contributed by atoms with van der Waals surface area (Å²) in [6, 6.07) is 3.41. The number of nitrogen functional groups attached to an aromatic ring is 1. The highest BCUT2D eigenvalue weighted by Crippen LogP contribution is 2.31. The third-order valence-electron chi connectivity index (χ3n) is 3.53. The number of hydrogen-bond donors (Lipinski definition) is 2. The zero-order valence-electron chi connectivity index (χ0n) is 10.3. The first kappa shape index (κ1) is 13.4. The van der Waals surface area contributed by atoms with Crippen molar-refractivity contribution in [2.24, 2.45) is 0 Å². The molecule has 1 atom stereocenters. The van der Waals surface area contributed by atoms with Crippen LogP contribution < -0.4 is 5.73 Å². The number of carboxylic acids is 1. The van der Waals surface area contributed by atoms with Crippen LogP contribution in [0.4, 0.5) is 5.69 Å². The monoisotopic (exact) mass is 312 g/mol. The molecule has 0 amide bonds. The highest BCUT2D eigenvalue weighted by Gasteiger charge is 2.28. The van der Waals surface area contributed by atoms with E-state index in [0.29, 0.717) is 13.0 Å². The molecule has 18 heavy (non-hydrogen) atoms. The van der Waals surface area contributed by atoms with Crippen molar-refractivity contribution in [3.63, 3.8) is 0 Å². The number of hydrogen-bond acceptors (Lipinski definition) is 3. The number of anilines is 1. The number of carbonyl (C=O) groups is 1. The minimum Gasteiger partial charge on any atom is -0.480 e. The predicted molar refractivity (Wildman–Crippen MR) is 74.4 cm³/mol. The zero-order valence-corrected chi connectivity index (χ0v) is 11.9. The van der Waals surface area contributed by atoms with Crippen LogP contribution >= 0.6 is 15.9 Å². The second-order valence-corrected chi connectivity index (χ2v) is 5.43. The topological polar surface area (TPSA) is 66.6 Å². The predicted octanol–water partition coefficient (Wildman–Crippen LogP) is 2.25. The lowest BCUT2D eigenvalue weighted by Crippen LogP contribution is -2.43. The molecule has 1 unspecified atom stereocenters. The summed E-state index contributed by atoms with van der Waals surface area (Å²) >= 11 is 3.53. The first-order valence-electron chi connectivity index (χ1n) is 6.07. The van der Waals surface area contributed by atoms with Crippen LogP contribution in [0.25, 0.3) is 0 Å². The van der Waals surface area contributed by atoms with Crippen molar-refractivity contribution in [3.8, 4) is 0 Å². The van der Waals surface area contributed by atoms with Crippen molar-refractivity contribution in [3.05, 3.63) is 27.7 Å². The van der Waals surface area contributed by atoms with Crippen LogP contribution in [-0.4, -0.2) is 28.6 Å². The molecule has 0 spiro atoms. The molecule has 0 aliphatic carbocycles. The fourth-order valence-electron chi connectivity index (χ4n) is 2.53. The Bertz CT molecular complexity index is 476. The SMILES string of the molecule is CCC(C(=O)O)N1CCc2c(Br)ccc(N)c2C1.